The summed E-state index contributed by atoms with van der Waals surface area (Å²) in [4.78, 5) is 14.8. The van der Waals surface area contributed by atoms with Gasteiger partial charge < -0.3 is 15.5 Å². The number of aliphatic imine (C=N–C) groups is 1. The number of thioether (sulfide) groups is 1. The Bertz CT molecular complexity index is 700. The van der Waals surface area contributed by atoms with Crippen LogP contribution in [0.3, 0.4) is 0 Å². The van der Waals surface area contributed by atoms with Crippen molar-refractivity contribution in [2.75, 3.05) is 16.8 Å². The van der Waals surface area contributed by atoms with E-state index in [0.29, 0.717) is 10.9 Å². The minimum absolute atomic E-state index is 0.0476. The molecule has 0 spiro atoms. The molecule has 1 atom stereocenters. The maximum atomic E-state index is 11.8. The molecule has 3 N–H and O–H groups in total. The first-order chi connectivity index (χ1) is 9.83. The summed E-state index contributed by atoms with van der Waals surface area (Å²) in [5, 5.41) is 21.7. The van der Waals surface area contributed by atoms with Crippen molar-refractivity contribution in [1.29, 1.82) is 0 Å². The van der Waals surface area contributed by atoms with Gasteiger partial charge in [-0.25, -0.2) is 18.2 Å². The number of carbonyl (C=O) groups is 1. The highest BCUT2D eigenvalue weighted by atomic mass is 32.2. The number of phenols is 1. The zero-order valence-electron chi connectivity index (χ0n) is 11.1. The first-order valence-corrected chi connectivity index (χ1v) is 8.73. The van der Waals surface area contributed by atoms with Crippen molar-refractivity contribution < 1.29 is 23.4 Å². The molecule has 0 fully saturated rings. The molecule has 114 valence electrons. The Morgan fingerprint density at radius 2 is 2.24 bits per heavy atom. The Balaban J connectivity index is 2.27. The fraction of sp³-hybridized carbons (Fsp3) is 0.333. The van der Waals surface area contributed by atoms with Gasteiger partial charge in [0.2, 0.25) is 0 Å². The maximum absolute atomic E-state index is 11.8. The second-order valence-electron chi connectivity index (χ2n) is 4.31. The third-order valence-electron chi connectivity index (χ3n) is 2.88. The summed E-state index contributed by atoms with van der Waals surface area (Å²) in [6, 6.07) is 3.08. The Morgan fingerprint density at radius 1 is 1.52 bits per heavy atom. The van der Waals surface area contributed by atoms with Gasteiger partial charge in [-0.1, -0.05) is 18.7 Å². The predicted molar refractivity (Wildman–Crippen MR) is 80.8 cm³/mol. The SMILES string of the molecule is CCS(=O)(=O)c1ccc(O)c(NC2=NC(C(=O)O)CS2)c1. The van der Waals surface area contributed by atoms with Gasteiger partial charge in [-0.05, 0) is 18.2 Å². The number of amidine groups is 1. The van der Waals surface area contributed by atoms with Crippen LogP contribution in [0.25, 0.3) is 0 Å². The lowest BCUT2D eigenvalue weighted by molar-refractivity contribution is -0.137. The smallest absolute Gasteiger partial charge is 0.329 e. The number of anilines is 1. The molecule has 0 aliphatic carbocycles. The van der Waals surface area contributed by atoms with Crippen LogP contribution in [0.2, 0.25) is 0 Å². The van der Waals surface area contributed by atoms with Gasteiger partial charge in [-0.2, -0.15) is 0 Å². The van der Waals surface area contributed by atoms with Gasteiger partial charge in [0.1, 0.15) is 5.75 Å². The lowest BCUT2D eigenvalue weighted by Gasteiger charge is -2.09. The normalized spacial score (nSPS) is 18.3. The van der Waals surface area contributed by atoms with Gasteiger partial charge in [0, 0.05) is 5.75 Å². The molecule has 1 aliphatic rings. The summed E-state index contributed by atoms with van der Waals surface area (Å²) in [5.41, 5.74) is 0.182. The fourth-order valence-electron chi connectivity index (χ4n) is 1.66. The largest absolute Gasteiger partial charge is 0.506 e. The standard InChI is InChI=1S/C12H14N2O5S2/c1-2-21(18,19)7-3-4-10(15)8(5-7)13-12-14-9(6-20-12)11(16)17/h3-5,9,15H,2,6H2,1H3,(H,13,14)(H,16,17). The molecule has 0 saturated heterocycles. The van der Waals surface area contributed by atoms with Crippen molar-refractivity contribution in [3.63, 3.8) is 0 Å². The highest BCUT2D eigenvalue weighted by Crippen LogP contribution is 2.29. The number of benzene rings is 1. The molecular weight excluding hydrogens is 316 g/mol. The molecule has 2 rings (SSSR count). The zero-order valence-corrected chi connectivity index (χ0v) is 12.7. The van der Waals surface area contributed by atoms with Crippen LogP contribution in [0.15, 0.2) is 28.1 Å². The number of nitrogens with zero attached hydrogens (tertiary/aromatic N) is 1. The number of carboxylic acids is 1. The molecule has 9 heteroatoms. The number of phenolic OH excluding ortho intramolecular Hbond substituents is 1. The van der Waals surface area contributed by atoms with Crippen molar-refractivity contribution in [1.82, 2.24) is 0 Å². The summed E-state index contributed by atoms with van der Waals surface area (Å²) in [6.07, 6.45) is 0. The summed E-state index contributed by atoms with van der Waals surface area (Å²) >= 11 is 1.20. The molecule has 0 radical (unpaired) electrons. The second-order valence-corrected chi connectivity index (χ2v) is 7.59. The molecule has 0 amide bonds. The molecule has 1 unspecified atom stereocenters. The van der Waals surface area contributed by atoms with Crippen molar-refractivity contribution in [3.8, 4) is 5.75 Å². The molecule has 0 aromatic heterocycles. The number of sulfone groups is 1. The van der Waals surface area contributed by atoms with Crippen LogP contribution in [0.4, 0.5) is 5.69 Å². The molecule has 1 aromatic rings. The van der Waals surface area contributed by atoms with E-state index in [4.69, 9.17) is 5.11 Å². The fourth-order valence-corrected chi connectivity index (χ4v) is 3.48. The lowest BCUT2D eigenvalue weighted by atomic mass is 10.3. The lowest BCUT2D eigenvalue weighted by Crippen LogP contribution is -2.17. The number of hydrogen-bond donors (Lipinski definition) is 3. The molecule has 1 aromatic carbocycles. The Morgan fingerprint density at radius 3 is 2.81 bits per heavy atom. The molecule has 7 nitrogen and oxygen atoms in total. The van der Waals surface area contributed by atoms with E-state index < -0.39 is 21.8 Å². The first-order valence-electron chi connectivity index (χ1n) is 6.09. The molecular formula is C12H14N2O5S2. The van der Waals surface area contributed by atoms with Gasteiger partial charge >= 0.3 is 5.97 Å². The minimum Gasteiger partial charge on any atom is -0.506 e. The third kappa shape index (κ3) is 3.48. The van der Waals surface area contributed by atoms with E-state index in [2.05, 4.69) is 10.3 Å². The van der Waals surface area contributed by atoms with Gasteiger partial charge in [-0.15, -0.1) is 0 Å². The molecule has 1 aliphatic heterocycles. The van der Waals surface area contributed by atoms with Crippen LogP contribution in [0.1, 0.15) is 6.92 Å². The van der Waals surface area contributed by atoms with E-state index in [0.717, 1.165) is 0 Å². The molecule has 0 bridgehead atoms. The highest BCUT2D eigenvalue weighted by molar-refractivity contribution is 8.14. The van der Waals surface area contributed by atoms with Crippen LogP contribution >= 0.6 is 11.8 Å². The number of carboxylic acid groups (broad SMARTS) is 1. The third-order valence-corrected chi connectivity index (χ3v) is 5.58. The summed E-state index contributed by atoms with van der Waals surface area (Å²) < 4.78 is 23.6. The van der Waals surface area contributed by atoms with Crippen molar-refractivity contribution >= 4 is 38.4 Å². The molecule has 1 heterocycles. The monoisotopic (exact) mass is 330 g/mol. The van der Waals surface area contributed by atoms with Crippen LogP contribution in [-0.4, -0.2) is 47.3 Å². The topological polar surface area (TPSA) is 116 Å². The van der Waals surface area contributed by atoms with Gasteiger partial charge in [0.15, 0.2) is 21.0 Å². The van der Waals surface area contributed by atoms with E-state index in [1.807, 2.05) is 0 Å². The summed E-state index contributed by atoms with van der Waals surface area (Å²) in [5.74, 6) is -0.905. The summed E-state index contributed by atoms with van der Waals surface area (Å²) in [6.45, 7) is 1.53. The number of hydrogen-bond acceptors (Lipinski definition) is 7. The number of aliphatic carboxylic acids is 1. The van der Waals surface area contributed by atoms with E-state index in [1.54, 1.807) is 0 Å². The second kappa shape index (κ2) is 5.94. The Labute approximate surface area is 126 Å². The predicted octanol–water partition coefficient (Wildman–Crippen LogP) is 1.15. The summed E-state index contributed by atoms with van der Waals surface area (Å²) in [7, 11) is -3.39. The van der Waals surface area contributed by atoms with Crippen molar-refractivity contribution in [3.05, 3.63) is 18.2 Å². The minimum atomic E-state index is -3.39. The van der Waals surface area contributed by atoms with E-state index >= 15 is 0 Å². The van der Waals surface area contributed by atoms with E-state index in [1.165, 1.54) is 36.9 Å². The van der Waals surface area contributed by atoms with Crippen LogP contribution < -0.4 is 5.32 Å². The zero-order chi connectivity index (χ0) is 15.6. The Kier molecular flexibility index (Phi) is 4.43. The highest BCUT2D eigenvalue weighted by Gasteiger charge is 2.25. The van der Waals surface area contributed by atoms with Crippen molar-refractivity contribution in [2.24, 2.45) is 4.99 Å². The maximum Gasteiger partial charge on any atom is 0.329 e. The van der Waals surface area contributed by atoms with Crippen molar-refractivity contribution in [2.45, 2.75) is 17.9 Å². The average Bonchev–Trinajstić information content (AvgIpc) is 2.90. The molecule has 21 heavy (non-hydrogen) atoms. The van der Waals surface area contributed by atoms with Gasteiger partial charge in [-0.3, -0.25) is 0 Å². The van der Waals surface area contributed by atoms with Crippen LogP contribution in [0.5, 0.6) is 5.75 Å². The number of aromatic hydroxyl groups is 1. The number of nitrogens with one attached hydrogen (secondary N) is 1. The van der Waals surface area contributed by atoms with Crippen LogP contribution in [0, 0.1) is 0 Å². The quantitative estimate of drug-likeness (QED) is 0.709. The first kappa shape index (κ1) is 15.6. The van der Waals surface area contributed by atoms with Gasteiger partial charge in [0.25, 0.3) is 0 Å². The average molecular weight is 330 g/mol. The van der Waals surface area contributed by atoms with E-state index in [-0.39, 0.29) is 22.1 Å². The molecule has 0 saturated carbocycles. The van der Waals surface area contributed by atoms with Crippen LogP contribution in [-0.2, 0) is 14.6 Å². The van der Waals surface area contributed by atoms with E-state index in [9.17, 15) is 18.3 Å². The Hall–Kier alpha value is -1.74. The van der Waals surface area contributed by atoms with Gasteiger partial charge in [0.05, 0.1) is 16.3 Å². The number of rotatable bonds is 4.